The normalized spacial score (nSPS) is 10.2. The van der Waals surface area contributed by atoms with Crippen molar-refractivity contribution < 1.29 is 19.5 Å². The second-order valence-electron chi connectivity index (χ2n) is 3.75. The first-order chi connectivity index (χ1) is 8.97. The number of carboxylic acids is 1. The van der Waals surface area contributed by atoms with E-state index in [4.69, 9.17) is 5.11 Å². The zero-order valence-electron chi connectivity index (χ0n) is 10.3. The SMILES string of the molecule is CC(=O)NCC(=O)Nc1cccc(/C=C/C(=O)O)c1. The average molecular weight is 262 g/mol. The van der Waals surface area contributed by atoms with Crippen LogP contribution in [0.3, 0.4) is 0 Å². The molecular formula is C13H14N2O4. The standard InChI is InChI=1S/C13H14N2O4/c1-9(16)14-8-12(17)15-11-4-2-3-10(7-11)5-6-13(18)19/h2-7H,8H2,1H3,(H,14,16)(H,15,17)(H,18,19)/b6-5+. The Bertz CT molecular complexity index is 523. The van der Waals surface area contributed by atoms with Gasteiger partial charge in [0, 0.05) is 18.7 Å². The molecule has 0 unspecified atom stereocenters. The number of carbonyl (C=O) groups is 3. The third-order valence-corrected chi connectivity index (χ3v) is 2.09. The molecule has 0 heterocycles. The fraction of sp³-hybridized carbons (Fsp3) is 0.154. The van der Waals surface area contributed by atoms with Gasteiger partial charge in [0.1, 0.15) is 0 Å². The van der Waals surface area contributed by atoms with Gasteiger partial charge in [0.25, 0.3) is 0 Å². The van der Waals surface area contributed by atoms with Crippen molar-refractivity contribution in [3.8, 4) is 0 Å². The van der Waals surface area contributed by atoms with E-state index in [2.05, 4.69) is 10.6 Å². The third-order valence-electron chi connectivity index (χ3n) is 2.09. The summed E-state index contributed by atoms with van der Waals surface area (Å²) in [5.74, 6) is -1.68. The molecule has 0 saturated carbocycles. The molecule has 1 rings (SSSR count). The Morgan fingerprint density at radius 3 is 2.68 bits per heavy atom. The van der Waals surface area contributed by atoms with Gasteiger partial charge in [0.15, 0.2) is 0 Å². The highest BCUT2D eigenvalue weighted by atomic mass is 16.4. The van der Waals surface area contributed by atoms with Crippen LogP contribution < -0.4 is 10.6 Å². The van der Waals surface area contributed by atoms with Gasteiger partial charge in [-0.2, -0.15) is 0 Å². The summed E-state index contributed by atoms with van der Waals surface area (Å²) in [6.07, 6.45) is 2.43. The Balaban J connectivity index is 2.64. The highest BCUT2D eigenvalue weighted by molar-refractivity contribution is 5.94. The van der Waals surface area contributed by atoms with Crippen LogP contribution in [0.5, 0.6) is 0 Å². The minimum Gasteiger partial charge on any atom is -0.478 e. The lowest BCUT2D eigenvalue weighted by molar-refractivity contribution is -0.131. The first-order valence-electron chi connectivity index (χ1n) is 5.53. The molecule has 100 valence electrons. The van der Waals surface area contributed by atoms with Crippen molar-refractivity contribution in [1.82, 2.24) is 5.32 Å². The molecule has 0 aromatic heterocycles. The maximum Gasteiger partial charge on any atom is 0.328 e. The van der Waals surface area contributed by atoms with Gasteiger partial charge in [-0.15, -0.1) is 0 Å². The number of anilines is 1. The number of benzene rings is 1. The van der Waals surface area contributed by atoms with E-state index in [-0.39, 0.29) is 18.4 Å². The van der Waals surface area contributed by atoms with Gasteiger partial charge in [-0.1, -0.05) is 12.1 Å². The second kappa shape index (κ2) is 6.95. The van der Waals surface area contributed by atoms with Gasteiger partial charge < -0.3 is 15.7 Å². The molecule has 0 spiro atoms. The van der Waals surface area contributed by atoms with E-state index in [1.807, 2.05) is 0 Å². The molecule has 0 radical (unpaired) electrons. The molecule has 0 fully saturated rings. The van der Waals surface area contributed by atoms with E-state index < -0.39 is 5.97 Å². The first kappa shape index (κ1) is 14.4. The Kier molecular flexibility index (Phi) is 5.28. The van der Waals surface area contributed by atoms with Crippen molar-refractivity contribution in [2.75, 3.05) is 11.9 Å². The van der Waals surface area contributed by atoms with Gasteiger partial charge in [0.05, 0.1) is 6.54 Å². The summed E-state index contributed by atoms with van der Waals surface area (Å²) in [4.78, 5) is 32.5. The van der Waals surface area contributed by atoms with Crippen LogP contribution in [-0.4, -0.2) is 29.4 Å². The number of nitrogens with one attached hydrogen (secondary N) is 2. The minimum atomic E-state index is -1.04. The predicted octanol–water partition coefficient (Wildman–Crippen LogP) is 0.859. The topological polar surface area (TPSA) is 95.5 Å². The molecule has 3 N–H and O–H groups in total. The predicted molar refractivity (Wildman–Crippen MR) is 70.4 cm³/mol. The van der Waals surface area contributed by atoms with Crippen molar-refractivity contribution in [2.24, 2.45) is 0 Å². The molecule has 1 aromatic carbocycles. The van der Waals surface area contributed by atoms with Crippen LogP contribution in [0.25, 0.3) is 6.08 Å². The molecule has 0 bridgehead atoms. The maximum atomic E-state index is 11.5. The zero-order valence-corrected chi connectivity index (χ0v) is 10.3. The summed E-state index contributed by atoms with van der Waals surface area (Å²) in [6, 6.07) is 6.70. The van der Waals surface area contributed by atoms with Crippen LogP contribution in [0, 0.1) is 0 Å². The van der Waals surface area contributed by atoms with Crippen molar-refractivity contribution >= 4 is 29.5 Å². The number of aliphatic carboxylic acids is 1. The maximum absolute atomic E-state index is 11.5. The summed E-state index contributed by atoms with van der Waals surface area (Å²) in [6.45, 7) is 1.22. The smallest absolute Gasteiger partial charge is 0.328 e. The van der Waals surface area contributed by atoms with Gasteiger partial charge in [-0.3, -0.25) is 9.59 Å². The van der Waals surface area contributed by atoms with E-state index in [0.29, 0.717) is 11.3 Å². The fourth-order valence-corrected chi connectivity index (χ4v) is 1.30. The van der Waals surface area contributed by atoms with Crippen LogP contribution >= 0.6 is 0 Å². The molecule has 6 heteroatoms. The van der Waals surface area contributed by atoms with Crippen LogP contribution in [0.15, 0.2) is 30.3 Å². The quantitative estimate of drug-likeness (QED) is 0.686. The Morgan fingerprint density at radius 1 is 1.32 bits per heavy atom. The highest BCUT2D eigenvalue weighted by Gasteiger charge is 2.03. The minimum absolute atomic E-state index is 0.107. The number of amides is 2. The Hall–Kier alpha value is -2.63. The molecule has 6 nitrogen and oxygen atoms in total. The van der Waals surface area contributed by atoms with Crippen LogP contribution in [0.2, 0.25) is 0 Å². The van der Waals surface area contributed by atoms with E-state index >= 15 is 0 Å². The molecule has 19 heavy (non-hydrogen) atoms. The highest BCUT2D eigenvalue weighted by Crippen LogP contribution is 2.11. The molecule has 1 aromatic rings. The van der Waals surface area contributed by atoms with Gasteiger partial charge in [-0.25, -0.2) is 4.79 Å². The zero-order chi connectivity index (χ0) is 14.3. The molecule has 0 atom stereocenters. The summed E-state index contributed by atoms with van der Waals surface area (Å²) >= 11 is 0. The number of carboxylic acid groups (broad SMARTS) is 1. The third kappa shape index (κ3) is 6.02. The van der Waals surface area contributed by atoms with Gasteiger partial charge in [-0.05, 0) is 23.8 Å². The van der Waals surface area contributed by atoms with E-state index in [9.17, 15) is 14.4 Å². The lowest BCUT2D eigenvalue weighted by Crippen LogP contribution is -2.31. The van der Waals surface area contributed by atoms with E-state index in [0.717, 1.165) is 6.08 Å². The monoisotopic (exact) mass is 262 g/mol. The van der Waals surface area contributed by atoms with E-state index in [1.165, 1.54) is 13.0 Å². The molecule has 0 aliphatic carbocycles. The van der Waals surface area contributed by atoms with Gasteiger partial charge in [0.2, 0.25) is 11.8 Å². The summed E-state index contributed by atoms with van der Waals surface area (Å²) in [5, 5.41) is 13.5. The number of hydrogen-bond acceptors (Lipinski definition) is 3. The summed E-state index contributed by atoms with van der Waals surface area (Å²) in [5.41, 5.74) is 1.18. The second-order valence-corrected chi connectivity index (χ2v) is 3.75. The number of rotatable bonds is 5. The van der Waals surface area contributed by atoms with E-state index in [1.54, 1.807) is 24.3 Å². The van der Waals surface area contributed by atoms with Crippen LogP contribution in [0.1, 0.15) is 12.5 Å². The van der Waals surface area contributed by atoms with Crippen LogP contribution in [0.4, 0.5) is 5.69 Å². The average Bonchev–Trinajstić information content (AvgIpc) is 2.34. The summed E-state index contributed by atoms with van der Waals surface area (Å²) < 4.78 is 0. The van der Waals surface area contributed by atoms with Crippen LogP contribution in [-0.2, 0) is 14.4 Å². The lowest BCUT2D eigenvalue weighted by Gasteiger charge is -2.06. The van der Waals surface area contributed by atoms with Crippen molar-refractivity contribution in [3.63, 3.8) is 0 Å². The largest absolute Gasteiger partial charge is 0.478 e. The Labute approximate surface area is 110 Å². The Morgan fingerprint density at radius 2 is 2.05 bits per heavy atom. The van der Waals surface area contributed by atoms with Gasteiger partial charge >= 0.3 is 5.97 Å². The molecule has 0 aliphatic heterocycles. The molecule has 0 saturated heterocycles. The summed E-state index contributed by atoms with van der Waals surface area (Å²) in [7, 11) is 0. The van der Waals surface area contributed by atoms with Crippen molar-refractivity contribution in [2.45, 2.75) is 6.92 Å². The molecule has 0 aliphatic rings. The molecule has 2 amide bonds. The molecular weight excluding hydrogens is 248 g/mol. The fourth-order valence-electron chi connectivity index (χ4n) is 1.30. The van der Waals surface area contributed by atoms with Crippen molar-refractivity contribution in [1.29, 1.82) is 0 Å². The lowest BCUT2D eigenvalue weighted by atomic mass is 10.2. The number of carbonyl (C=O) groups excluding carboxylic acids is 2. The van der Waals surface area contributed by atoms with Crippen molar-refractivity contribution in [3.05, 3.63) is 35.9 Å². The number of hydrogen-bond donors (Lipinski definition) is 3. The first-order valence-corrected chi connectivity index (χ1v) is 5.53.